The molecule has 0 saturated heterocycles. The second kappa shape index (κ2) is 5.19. The van der Waals surface area contributed by atoms with Gasteiger partial charge in [-0.25, -0.2) is 8.78 Å². The Bertz CT molecular complexity index is 545. The number of nitrogens with two attached hydrogens (primary N) is 1. The van der Waals surface area contributed by atoms with Crippen LogP contribution >= 0.6 is 0 Å². The smallest absolute Gasteiger partial charge is 0.231 e. The monoisotopic (exact) mass is 255 g/mol. The largest absolute Gasteiger partial charge is 0.394 e. The minimum atomic E-state index is -0.941. The Balaban J connectivity index is 2.19. The van der Waals surface area contributed by atoms with Crippen LogP contribution in [0, 0.1) is 11.6 Å². The molecule has 0 radical (unpaired) electrons. The molecule has 96 valence electrons. The van der Waals surface area contributed by atoms with Gasteiger partial charge < -0.3 is 15.4 Å². The highest BCUT2D eigenvalue weighted by Gasteiger charge is 2.15. The van der Waals surface area contributed by atoms with Crippen molar-refractivity contribution in [2.75, 3.05) is 6.61 Å². The van der Waals surface area contributed by atoms with E-state index in [1.54, 1.807) is 0 Å². The molecule has 0 bridgehead atoms. The molecule has 1 unspecified atom stereocenters. The van der Waals surface area contributed by atoms with Gasteiger partial charge >= 0.3 is 0 Å². The standard InChI is InChI=1S/C11H11F2N3O2/c12-7-3-1-2-6(10(7)13)4-9-15-11(16-18-9)8(14)5-17/h1-3,8,17H,4-5,14H2. The lowest BCUT2D eigenvalue weighted by Crippen LogP contribution is -2.16. The second-order valence-corrected chi connectivity index (χ2v) is 3.73. The van der Waals surface area contributed by atoms with Crippen LogP contribution in [0.4, 0.5) is 8.78 Å². The third kappa shape index (κ3) is 2.52. The first-order valence-corrected chi connectivity index (χ1v) is 5.23. The highest BCUT2D eigenvalue weighted by atomic mass is 19.2. The Kier molecular flexibility index (Phi) is 3.63. The van der Waals surface area contributed by atoms with Crippen LogP contribution in [0.5, 0.6) is 0 Å². The van der Waals surface area contributed by atoms with E-state index in [2.05, 4.69) is 10.1 Å². The van der Waals surface area contributed by atoms with Crippen LogP contribution in [0.1, 0.15) is 23.3 Å². The predicted molar refractivity (Wildman–Crippen MR) is 57.5 cm³/mol. The van der Waals surface area contributed by atoms with E-state index in [1.165, 1.54) is 12.1 Å². The van der Waals surface area contributed by atoms with Crippen molar-refractivity contribution in [3.05, 3.63) is 47.1 Å². The molecular weight excluding hydrogens is 244 g/mol. The van der Waals surface area contributed by atoms with Gasteiger partial charge in [-0.2, -0.15) is 4.98 Å². The van der Waals surface area contributed by atoms with Crippen LogP contribution in [0.3, 0.4) is 0 Å². The number of hydrogen-bond donors (Lipinski definition) is 2. The summed E-state index contributed by atoms with van der Waals surface area (Å²) < 4.78 is 31.2. The van der Waals surface area contributed by atoms with E-state index in [9.17, 15) is 8.78 Å². The topological polar surface area (TPSA) is 85.2 Å². The zero-order valence-corrected chi connectivity index (χ0v) is 9.31. The summed E-state index contributed by atoms with van der Waals surface area (Å²) in [5.74, 6) is -1.63. The fraction of sp³-hybridized carbons (Fsp3) is 0.273. The van der Waals surface area contributed by atoms with Crippen LogP contribution in [0.15, 0.2) is 22.7 Å². The first-order chi connectivity index (χ1) is 8.61. The molecule has 0 saturated carbocycles. The molecule has 0 spiro atoms. The summed E-state index contributed by atoms with van der Waals surface area (Å²) in [6, 6.07) is 3.10. The number of aliphatic hydroxyl groups is 1. The van der Waals surface area contributed by atoms with E-state index in [4.69, 9.17) is 15.4 Å². The summed E-state index contributed by atoms with van der Waals surface area (Å²) >= 11 is 0. The predicted octanol–water partition coefficient (Wildman–Crippen LogP) is 0.931. The molecule has 2 aromatic rings. The Morgan fingerprint density at radius 3 is 2.89 bits per heavy atom. The molecule has 1 heterocycles. The van der Waals surface area contributed by atoms with Crippen molar-refractivity contribution in [3.63, 3.8) is 0 Å². The molecule has 0 aliphatic carbocycles. The molecular formula is C11H11F2N3O2. The number of halogens is 2. The molecule has 1 aromatic heterocycles. The SMILES string of the molecule is NC(CO)c1noc(Cc2cccc(F)c2F)n1. The molecule has 1 atom stereocenters. The fourth-order valence-electron chi connectivity index (χ4n) is 1.42. The van der Waals surface area contributed by atoms with Gasteiger partial charge in [-0.05, 0) is 6.07 Å². The number of rotatable bonds is 4. The van der Waals surface area contributed by atoms with Gasteiger partial charge in [0.05, 0.1) is 19.1 Å². The molecule has 0 amide bonds. The highest BCUT2D eigenvalue weighted by Crippen LogP contribution is 2.15. The number of nitrogens with zero attached hydrogens (tertiary/aromatic N) is 2. The zero-order chi connectivity index (χ0) is 13.1. The van der Waals surface area contributed by atoms with Crippen LogP contribution in [-0.2, 0) is 6.42 Å². The number of aromatic nitrogens is 2. The Hall–Kier alpha value is -1.86. The third-order valence-electron chi connectivity index (χ3n) is 2.39. The van der Waals surface area contributed by atoms with Crippen LogP contribution in [0.25, 0.3) is 0 Å². The van der Waals surface area contributed by atoms with Gasteiger partial charge in [0.2, 0.25) is 5.89 Å². The zero-order valence-electron chi connectivity index (χ0n) is 9.31. The molecule has 0 fully saturated rings. The maximum atomic E-state index is 13.4. The van der Waals surface area contributed by atoms with E-state index in [-0.39, 0.29) is 30.3 Å². The van der Waals surface area contributed by atoms with E-state index >= 15 is 0 Å². The third-order valence-corrected chi connectivity index (χ3v) is 2.39. The van der Waals surface area contributed by atoms with Gasteiger partial charge in [-0.3, -0.25) is 0 Å². The van der Waals surface area contributed by atoms with Gasteiger partial charge in [-0.1, -0.05) is 17.3 Å². The Morgan fingerprint density at radius 2 is 2.17 bits per heavy atom. The Labute approximate surface area is 101 Å². The molecule has 18 heavy (non-hydrogen) atoms. The average molecular weight is 255 g/mol. The minimum Gasteiger partial charge on any atom is -0.394 e. The van der Waals surface area contributed by atoms with Crippen molar-refractivity contribution in [1.29, 1.82) is 0 Å². The van der Waals surface area contributed by atoms with Gasteiger partial charge in [0.15, 0.2) is 17.5 Å². The lowest BCUT2D eigenvalue weighted by molar-refractivity contribution is 0.259. The molecule has 0 aliphatic rings. The van der Waals surface area contributed by atoms with Gasteiger partial charge in [0, 0.05) is 5.56 Å². The lowest BCUT2D eigenvalue weighted by Gasteiger charge is -2.00. The molecule has 0 aliphatic heterocycles. The van der Waals surface area contributed by atoms with Crippen molar-refractivity contribution in [2.45, 2.75) is 12.5 Å². The minimum absolute atomic E-state index is 0.0330. The fourth-order valence-corrected chi connectivity index (χ4v) is 1.42. The summed E-state index contributed by atoms with van der Waals surface area (Å²) in [5, 5.41) is 12.4. The van der Waals surface area contributed by atoms with Crippen molar-refractivity contribution < 1.29 is 18.4 Å². The quantitative estimate of drug-likeness (QED) is 0.848. The van der Waals surface area contributed by atoms with E-state index < -0.39 is 17.7 Å². The van der Waals surface area contributed by atoms with Crippen molar-refractivity contribution >= 4 is 0 Å². The lowest BCUT2D eigenvalue weighted by atomic mass is 10.1. The summed E-state index contributed by atoms with van der Waals surface area (Å²) in [5.41, 5.74) is 5.60. The summed E-state index contributed by atoms with van der Waals surface area (Å²) in [7, 11) is 0. The number of hydrogen-bond acceptors (Lipinski definition) is 5. The highest BCUT2D eigenvalue weighted by molar-refractivity contribution is 5.21. The van der Waals surface area contributed by atoms with Crippen LogP contribution < -0.4 is 5.73 Å². The van der Waals surface area contributed by atoms with Crippen LogP contribution in [0.2, 0.25) is 0 Å². The first-order valence-electron chi connectivity index (χ1n) is 5.23. The van der Waals surface area contributed by atoms with E-state index in [0.717, 1.165) is 6.07 Å². The number of benzene rings is 1. The summed E-state index contributed by atoms with van der Waals surface area (Å²) in [6.45, 7) is -0.326. The maximum absolute atomic E-state index is 13.4. The van der Waals surface area contributed by atoms with E-state index in [1.807, 2.05) is 0 Å². The molecule has 3 N–H and O–H groups in total. The maximum Gasteiger partial charge on any atom is 0.231 e. The molecule has 5 nitrogen and oxygen atoms in total. The second-order valence-electron chi connectivity index (χ2n) is 3.73. The molecule has 1 aromatic carbocycles. The van der Waals surface area contributed by atoms with Crippen molar-refractivity contribution in [3.8, 4) is 0 Å². The molecule has 7 heteroatoms. The van der Waals surface area contributed by atoms with Gasteiger partial charge in [-0.15, -0.1) is 0 Å². The first kappa shape index (κ1) is 12.6. The summed E-state index contributed by atoms with van der Waals surface area (Å²) in [6.07, 6.45) is -0.0330. The van der Waals surface area contributed by atoms with Crippen molar-refractivity contribution in [2.24, 2.45) is 5.73 Å². The van der Waals surface area contributed by atoms with Gasteiger partial charge in [0.25, 0.3) is 0 Å². The van der Waals surface area contributed by atoms with Gasteiger partial charge in [0.1, 0.15) is 0 Å². The Morgan fingerprint density at radius 1 is 1.39 bits per heavy atom. The van der Waals surface area contributed by atoms with Crippen LogP contribution in [-0.4, -0.2) is 21.9 Å². The van der Waals surface area contributed by atoms with Crippen molar-refractivity contribution in [1.82, 2.24) is 10.1 Å². The van der Waals surface area contributed by atoms with E-state index in [0.29, 0.717) is 0 Å². The summed E-state index contributed by atoms with van der Waals surface area (Å²) in [4.78, 5) is 3.90. The normalized spacial score (nSPS) is 12.7. The molecule has 2 rings (SSSR count). The average Bonchev–Trinajstić information content (AvgIpc) is 2.82. The number of aliphatic hydroxyl groups excluding tert-OH is 1.